The van der Waals surface area contributed by atoms with Crippen LogP contribution in [0.2, 0.25) is 0 Å². The van der Waals surface area contributed by atoms with Crippen LogP contribution in [-0.2, 0) is 6.42 Å². The highest BCUT2D eigenvalue weighted by molar-refractivity contribution is 5.97. The molecule has 17 heavy (non-hydrogen) atoms. The van der Waals surface area contributed by atoms with Gasteiger partial charge < -0.3 is 14.9 Å². The van der Waals surface area contributed by atoms with Gasteiger partial charge in [-0.05, 0) is 24.1 Å². The van der Waals surface area contributed by atoms with E-state index >= 15 is 0 Å². The number of carbonyl (C=O) groups is 2. The molecule has 0 atom stereocenters. The summed E-state index contributed by atoms with van der Waals surface area (Å²) in [6.45, 7) is 1.86. The van der Waals surface area contributed by atoms with Gasteiger partial charge in [-0.15, -0.1) is 0 Å². The van der Waals surface area contributed by atoms with Gasteiger partial charge >= 0.3 is 11.9 Å². The first-order valence-electron chi connectivity index (χ1n) is 5.18. The Bertz CT molecular complexity index is 415. The number of carboxylic acid groups (broad SMARTS) is 2. The van der Waals surface area contributed by atoms with Crippen LogP contribution < -0.4 is 4.74 Å². The maximum Gasteiger partial charge on any atom is 0.336 e. The van der Waals surface area contributed by atoms with E-state index in [1.165, 1.54) is 19.2 Å². The molecule has 0 aromatic heterocycles. The first-order valence-corrected chi connectivity index (χ1v) is 5.18. The molecule has 0 saturated carbocycles. The molecule has 0 unspecified atom stereocenters. The quantitative estimate of drug-likeness (QED) is 0.820. The zero-order valence-corrected chi connectivity index (χ0v) is 9.69. The summed E-state index contributed by atoms with van der Waals surface area (Å²) in [4.78, 5) is 22.2. The van der Waals surface area contributed by atoms with Gasteiger partial charge in [0.05, 0.1) is 18.2 Å². The Balaban J connectivity index is 3.49. The molecule has 0 radical (unpaired) electrons. The summed E-state index contributed by atoms with van der Waals surface area (Å²) in [7, 11) is 1.37. The van der Waals surface area contributed by atoms with Gasteiger partial charge in [0.1, 0.15) is 5.75 Å². The van der Waals surface area contributed by atoms with E-state index in [4.69, 9.17) is 14.9 Å². The molecule has 92 valence electrons. The lowest BCUT2D eigenvalue weighted by molar-refractivity contribution is 0.0694. The van der Waals surface area contributed by atoms with Crippen LogP contribution in [0.15, 0.2) is 12.1 Å². The maximum absolute atomic E-state index is 11.1. The highest BCUT2D eigenvalue weighted by Crippen LogP contribution is 2.24. The highest BCUT2D eigenvalue weighted by Gasteiger charge is 2.19. The third kappa shape index (κ3) is 2.75. The number of benzene rings is 1. The normalized spacial score (nSPS) is 10.0. The molecule has 1 rings (SSSR count). The van der Waals surface area contributed by atoms with Gasteiger partial charge in [-0.1, -0.05) is 13.3 Å². The van der Waals surface area contributed by atoms with Gasteiger partial charge in [-0.3, -0.25) is 0 Å². The van der Waals surface area contributed by atoms with E-state index in [9.17, 15) is 9.59 Å². The largest absolute Gasteiger partial charge is 0.497 e. The van der Waals surface area contributed by atoms with E-state index in [0.717, 1.165) is 0 Å². The number of carboxylic acids is 2. The standard InChI is InChI=1S/C12H14O5/c1-3-4-8-9(11(13)14)5-7(17-2)6-10(8)12(15)16/h5-6H,3-4H2,1-2H3,(H,13,14)(H,15,16). The molecule has 5 nitrogen and oxygen atoms in total. The average molecular weight is 238 g/mol. The Hall–Kier alpha value is -2.04. The number of aromatic carboxylic acids is 2. The number of hydrogen-bond acceptors (Lipinski definition) is 3. The lowest BCUT2D eigenvalue weighted by Crippen LogP contribution is -2.10. The molecule has 0 heterocycles. The van der Waals surface area contributed by atoms with Crippen molar-refractivity contribution in [3.8, 4) is 5.75 Å². The molecule has 0 amide bonds. The molecule has 0 aliphatic carbocycles. The van der Waals surface area contributed by atoms with Gasteiger partial charge in [0.15, 0.2) is 0 Å². The van der Waals surface area contributed by atoms with Crippen molar-refractivity contribution < 1.29 is 24.5 Å². The number of rotatable bonds is 5. The molecule has 0 bridgehead atoms. The molecule has 0 saturated heterocycles. The third-order valence-electron chi connectivity index (χ3n) is 2.42. The minimum absolute atomic E-state index is 0.0106. The molecule has 1 aromatic carbocycles. The smallest absolute Gasteiger partial charge is 0.336 e. The van der Waals surface area contributed by atoms with E-state index < -0.39 is 11.9 Å². The van der Waals surface area contributed by atoms with Crippen LogP contribution in [0.25, 0.3) is 0 Å². The summed E-state index contributed by atoms with van der Waals surface area (Å²) in [6.07, 6.45) is 1.08. The van der Waals surface area contributed by atoms with Crippen molar-refractivity contribution in [2.24, 2.45) is 0 Å². The molecule has 0 aliphatic heterocycles. The zero-order valence-electron chi connectivity index (χ0n) is 9.69. The van der Waals surface area contributed by atoms with E-state index in [1.807, 2.05) is 6.92 Å². The van der Waals surface area contributed by atoms with Gasteiger partial charge in [-0.2, -0.15) is 0 Å². The molecule has 0 spiro atoms. The van der Waals surface area contributed by atoms with E-state index in [0.29, 0.717) is 18.4 Å². The summed E-state index contributed by atoms with van der Waals surface area (Å²) in [6, 6.07) is 2.69. The third-order valence-corrected chi connectivity index (χ3v) is 2.42. The van der Waals surface area contributed by atoms with Crippen LogP contribution in [0.4, 0.5) is 0 Å². The van der Waals surface area contributed by atoms with Crippen molar-refractivity contribution in [1.82, 2.24) is 0 Å². The van der Waals surface area contributed by atoms with Crippen LogP contribution in [0.3, 0.4) is 0 Å². The fourth-order valence-electron chi connectivity index (χ4n) is 1.66. The fourth-order valence-corrected chi connectivity index (χ4v) is 1.66. The van der Waals surface area contributed by atoms with Crippen molar-refractivity contribution in [2.75, 3.05) is 7.11 Å². The van der Waals surface area contributed by atoms with E-state index in [-0.39, 0.29) is 16.9 Å². The molecule has 0 aliphatic rings. The number of ether oxygens (including phenoxy) is 1. The van der Waals surface area contributed by atoms with Crippen molar-refractivity contribution in [3.63, 3.8) is 0 Å². The number of hydrogen-bond donors (Lipinski definition) is 2. The topological polar surface area (TPSA) is 83.8 Å². The molecule has 5 heteroatoms. The van der Waals surface area contributed by atoms with Crippen LogP contribution in [0, 0.1) is 0 Å². The Morgan fingerprint density at radius 1 is 1.18 bits per heavy atom. The highest BCUT2D eigenvalue weighted by atomic mass is 16.5. The fraction of sp³-hybridized carbons (Fsp3) is 0.333. The van der Waals surface area contributed by atoms with Crippen molar-refractivity contribution in [3.05, 3.63) is 28.8 Å². The van der Waals surface area contributed by atoms with Crippen molar-refractivity contribution in [2.45, 2.75) is 19.8 Å². The maximum atomic E-state index is 11.1. The molecular formula is C12H14O5. The second-order valence-corrected chi connectivity index (χ2v) is 3.56. The van der Waals surface area contributed by atoms with Crippen LogP contribution >= 0.6 is 0 Å². The summed E-state index contributed by atoms with van der Waals surface area (Å²) < 4.78 is 4.90. The van der Waals surface area contributed by atoms with Crippen molar-refractivity contribution in [1.29, 1.82) is 0 Å². The lowest BCUT2D eigenvalue weighted by Gasteiger charge is -2.11. The van der Waals surface area contributed by atoms with Crippen molar-refractivity contribution >= 4 is 11.9 Å². The summed E-state index contributed by atoms with van der Waals surface area (Å²) in [5.74, 6) is -2.05. The second-order valence-electron chi connectivity index (χ2n) is 3.56. The lowest BCUT2D eigenvalue weighted by atomic mass is 9.96. The van der Waals surface area contributed by atoms with Crippen LogP contribution in [0.1, 0.15) is 39.6 Å². The second kappa shape index (κ2) is 5.34. The SMILES string of the molecule is CCCc1c(C(=O)O)cc(OC)cc1C(=O)O. The van der Waals surface area contributed by atoms with E-state index in [2.05, 4.69) is 0 Å². The Morgan fingerprint density at radius 3 is 1.94 bits per heavy atom. The zero-order chi connectivity index (χ0) is 13.0. The molecule has 0 fully saturated rings. The predicted molar refractivity (Wildman–Crippen MR) is 60.9 cm³/mol. The summed E-state index contributed by atoms with van der Waals surface area (Å²) in [5.41, 5.74) is 0.320. The first kappa shape index (κ1) is 13.0. The summed E-state index contributed by atoms with van der Waals surface area (Å²) in [5, 5.41) is 18.1. The Labute approximate surface area is 98.6 Å². The first-order chi connectivity index (χ1) is 8.01. The molecule has 1 aromatic rings. The predicted octanol–water partition coefficient (Wildman–Crippen LogP) is 2.04. The van der Waals surface area contributed by atoms with Gasteiger partial charge in [0, 0.05) is 0 Å². The van der Waals surface area contributed by atoms with Crippen LogP contribution in [0.5, 0.6) is 5.75 Å². The summed E-state index contributed by atoms with van der Waals surface area (Å²) >= 11 is 0. The Morgan fingerprint density at radius 2 is 1.65 bits per heavy atom. The number of methoxy groups -OCH3 is 1. The molecular weight excluding hydrogens is 224 g/mol. The monoisotopic (exact) mass is 238 g/mol. The minimum Gasteiger partial charge on any atom is -0.497 e. The molecule has 2 N–H and O–H groups in total. The van der Waals surface area contributed by atoms with Gasteiger partial charge in [0.2, 0.25) is 0 Å². The minimum atomic E-state index is -1.14. The van der Waals surface area contributed by atoms with Gasteiger partial charge in [-0.25, -0.2) is 9.59 Å². The van der Waals surface area contributed by atoms with Gasteiger partial charge in [0.25, 0.3) is 0 Å². The average Bonchev–Trinajstić information content (AvgIpc) is 2.28. The van der Waals surface area contributed by atoms with Crippen LogP contribution in [-0.4, -0.2) is 29.3 Å². The van der Waals surface area contributed by atoms with E-state index in [1.54, 1.807) is 0 Å². The Kier molecular flexibility index (Phi) is 4.09.